The van der Waals surface area contributed by atoms with Crippen LogP contribution < -0.4 is 0 Å². The Balaban J connectivity index is 3.14. The van der Waals surface area contributed by atoms with Crippen LogP contribution in [-0.4, -0.2) is 45.5 Å². The van der Waals surface area contributed by atoms with E-state index in [2.05, 4.69) is 4.74 Å². The second-order valence-electron chi connectivity index (χ2n) is 3.17. The summed E-state index contributed by atoms with van der Waals surface area (Å²) in [6, 6.07) is 0. The molecule has 1 rings (SSSR count). The SMILES string of the molecule is CCOC(=O)C1S(=O)(=O)CCCS1(=O)=O. The maximum absolute atomic E-state index is 11.4. The van der Waals surface area contributed by atoms with Crippen LogP contribution in [0.3, 0.4) is 0 Å². The molecule has 1 aliphatic rings. The number of hydrogen-bond acceptors (Lipinski definition) is 6. The van der Waals surface area contributed by atoms with Crippen LogP contribution in [0.25, 0.3) is 0 Å². The zero-order valence-corrected chi connectivity index (χ0v) is 9.80. The van der Waals surface area contributed by atoms with Gasteiger partial charge in [0.15, 0.2) is 19.7 Å². The summed E-state index contributed by atoms with van der Waals surface area (Å²) in [6.07, 6.45) is 0.0422. The van der Waals surface area contributed by atoms with Crippen LogP contribution in [0.5, 0.6) is 0 Å². The summed E-state index contributed by atoms with van der Waals surface area (Å²) in [5, 5.41) is 0. The molecule has 0 N–H and O–H groups in total. The van der Waals surface area contributed by atoms with Gasteiger partial charge >= 0.3 is 5.97 Å². The normalized spacial score (nSPS) is 24.6. The number of carbonyl (C=O) groups excluding carboxylic acids is 1. The molecule has 1 aliphatic heterocycles. The molecule has 1 saturated heterocycles. The van der Waals surface area contributed by atoms with Crippen LogP contribution in [-0.2, 0) is 29.2 Å². The fourth-order valence-corrected chi connectivity index (χ4v) is 6.19. The highest BCUT2D eigenvalue weighted by molar-refractivity contribution is 8.10. The highest BCUT2D eigenvalue weighted by atomic mass is 32.3. The second-order valence-corrected chi connectivity index (χ2v) is 7.88. The smallest absolute Gasteiger partial charge is 0.340 e. The molecule has 88 valence electrons. The van der Waals surface area contributed by atoms with Gasteiger partial charge in [0.2, 0.25) is 0 Å². The van der Waals surface area contributed by atoms with Crippen molar-refractivity contribution in [2.24, 2.45) is 0 Å². The first-order valence-electron chi connectivity index (χ1n) is 4.41. The maximum Gasteiger partial charge on any atom is 0.340 e. The molecule has 0 amide bonds. The number of hydrogen-bond donors (Lipinski definition) is 0. The summed E-state index contributed by atoms with van der Waals surface area (Å²) in [7, 11) is -7.83. The van der Waals surface area contributed by atoms with Crippen LogP contribution in [0.1, 0.15) is 13.3 Å². The van der Waals surface area contributed by atoms with Gasteiger partial charge in [-0.3, -0.25) is 0 Å². The molecule has 0 bridgehead atoms. The molecule has 0 aromatic rings. The summed E-state index contributed by atoms with van der Waals surface area (Å²) in [5.74, 6) is -1.75. The molecule has 0 aliphatic carbocycles. The van der Waals surface area contributed by atoms with E-state index >= 15 is 0 Å². The Hall–Kier alpha value is -0.630. The van der Waals surface area contributed by atoms with Crippen LogP contribution in [0.2, 0.25) is 0 Å². The van der Waals surface area contributed by atoms with Crippen molar-refractivity contribution in [1.29, 1.82) is 0 Å². The van der Waals surface area contributed by atoms with E-state index in [-0.39, 0.29) is 24.5 Å². The lowest BCUT2D eigenvalue weighted by Crippen LogP contribution is -2.45. The largest absolute Gasteiger partial charge is 0.464 e. The Morgan fingerprint density at radius 1 is 1.20 bits per heavy atom. The molecule has 8 heteroatoms. The van der Waals surface area contributed by atoms with Crippen molar-refractivity contribution in [2.45, 2.75) is 17.9 Å². The van der Waals surface area contributed by atoms with Crippen molar-refractivity contribution in [3.8, 4) is 0 Å². The van der Waals surface area contributed by atoms with E-state index in [0.29, 0.717) is 0 Å². The summed E-state index contributed by atoms with van der Waals surface area (Å²) in [4.78, 5) is 11.2. The third kappa shape index (κ3) is 2.49. The van der Waals surface area contributed by atoms with E-state index in [4.69, 9.17) is 0 Å². The summed E-state index contributed by atoms with van der Waals surface area (Å²) >= 11 is 0. The summed E-state index contributed by atoms with van der Waals surface area (Å²) in [5.41, 5.74) is 0. The minimum absolute atomic E-state index is 0.0413. The Kier molecular flexibility index (Phi) is 3.39. The number of ether oxygens (including phenoxy) is 1. The molecule has 6 nitrogen and oxygen atoms in total. The Labute approximate surface area is 88.4 Å². The average molecular weight is 256 g/mol. The van der Waals surface area contributed by atoms with E-state index in [0.717, 1.165) is 0 Å². The van der Waals surface area contributed by atoms with E-state index < -0.39 is 30.2 Å². The predicted molar refractivity (Wildman–Crippen MR) is 52.6 cm³/mol. The molecule has 0 spiro atoms. The fraction of sp³-hybridized carbons (Fsp3) is 0.857. The number of sulfone groups is 2. The third-order valence-electron chi connectivity index (χ3n) is 1.99. The minimum Gasteiger partial charge on any atom is -0.464 e. The molecule has 15 heavy (non-hydrogen) atoms. The molecule has 0 aromatic carbocycles. The third-order valence-corrected chi connectivity index (χ3v) is 7.15. The van der Waals surface area contributed by atoms with Gasteiger partial charge in [-0.25, -0.2) is 21.6 Å². The molecule has 1 fully saturated rings. The lowest BCUT2D eigenvalue weighted by atomic mass is 10.6. The van der Waals surface area contributed by atoms with Gasteiger partial charge in [-0.2, -0.15) is 0 Å². The Bertz CT molecular complexity index is 412. The minimum atomic E-state index is -3.92. The number of carbonyl (C=O) groups is 1. The van der Waals surface area contributed by atoms with Crippen molar-refractivity contribution in [1.82, 2.24) is 0 Å². The molecule has 0 radical (unpaired) electrons. The zero-order chi connectivity index (χ0) is 11.7. The van der Waals surface area contributed by atoms with Gasteiger partial charge in [0.25, 0.3) is 4.58 Å². The van der Waals surface area contributed by atoms with Gasteiger partial charge in [-0.05, 0) is 13.3 Å². The van der Waals surface area contributed by atoms with Crippen molar-refractivity contribution < 1.29 is 26.4 Å². The van der Waals surface area contributed by atoms with E-state index in [9.17, 15) is 21.6 Å². The van der Waals surface area contributed by atoms with Crippen LogP contribution in [0, 0.1) is 0 Å². The summed E-state index contributed by atoms with van der Waals surface area (Å²) in [6.45, 7) is 1.44. The molecule has 0 saturated carbocycles. The average Bonchev–Trinajstić information content (AvgIpc) is 2.00. The molecular weight excluding hydrogens is 244 g/mol. The topological polar surface area (TPSA) is 94.6 Å². The lowest BCUT2D eigenvalue weighted by Gasteiger charge is -2.20. The van der Waals surface area contributed by atoms with Gasteiger partial charge in [-0.15, -0.1) is 0 Å². The van der Waals surface area contributed by atoms with E-state index in [1.165, 1.54) is 6.92 Å². The van der Waals surface area contributed by atoms with Gasteiger partial charge in [-0.1, -0.05) is 0 Å². The quantitative estimate of drug-likeness (QED) is 0.595. The second kappa shape index (κ2) is 4.09. The van der Waals surface area contributed by atoms with Crippen LogP contribution >= 0.6 is 0 Å². The van der Waals surface area contributed by atoms with Crippen LogP contribution in [0.15, 0.2) is 0 Å². The number of rotatable bonds is 2. The Morgan fingerprint density at radius 2 is 1.67 bits per heavy atom. The fourth-order valence-electron chi connectivity index (χ4n) is 1.40. The van der Waals surface area contributed by atoms with Gasteiger partial charge in [0, 0.05) is 0 Å². The summed E-state index contributed by atoms with van der Waals surface area (Å²) < 4.78 is 48.2. The van der Waals surface area contributed by atoms with Gasteiger partial charge in [0.1, 0.15) is 0 Å². The van der Waals surface area contributed by atoms with E-state index in [1.807, 2.05) is 0 Å². The van der Waals surface area contributed by atoms with Crippen molar-refractivity contribution >= 4 is 25.6 Å². The van der Waals surface area contributed by atoms with Crippen LogP contribution in [0.4, 0.5) is 0 Å². The first kappa shape index (κ1) is 12.4. The highest BCUT2D eigenvalue weighted by Gasteiger charge is 2.47. The lowest BCUT2D eigenvalue weighted by molar-refractivity contribution is -0.140. The highest BCUT2D eigenvalue weighted by Crippen LogP contribution is 2.21. The first-order chi connectivity index (χ1) is 6.81. The van der Waals surface area contributed by atoms with Crippen molar-refractivity contribution in [2.75, 3.05) is 18.1 Å². The molecule has 0 aromatic heterocycles. The van der Waals surface area contributed by atoms with Crippen molar-refractivity contribution in [3.05, 3.63) is 0 Å². The maximum atomic E-state index is 11.4. The van der Waals surface area contributed by atoms with E-state index in [1.54, 1.807) is 0 Å². The Morgan fingerprint density at radius 3 is 2.07 bits per heavy atom. The standard InChI is InChI=1S/C7H12O6S2/c1-2-13-6(8)7-14(9,10)4-3-5-15(7,11)12/h7H,2-5H2,1H3. The number of esters is 1. The van der Waals surface area contributed by atoms with Gasteiger partial charge in [0.05, 0.1) is 18.1 Å². The monoisotopic (exact) mass is 256 g/mol. The predicted octanol–water partition coefficient (Wildman–Crippen LogP) is -0.891. The first-order valence-corrected chi connectivity index (χ1v) is 7.84. The molecule has 0 unspecified atom stereocenters. The van der Waals surface area contributed by atoms with Crippen molar-refractivity contribution in [3.63, 3.8) is 0 Å². The molecule has 1 heterocycles. The zero-order valence-electron chi connectivity index (χ0n) is 8.17. The van der Waals surface area contributed by atoms with Gasteiger partial charge < -0.3 is 4.74 Å². The molecular formula is C7H12O6S2. The molecule has 0 atom stereocenters.